The number of aldehydes is 1. The number of carbonyl (C=O) groups excluding carboxylic acids is 1. The van der Waals surface area contributed by atoms with Gasteiger partial charge in [-0.05, 0) is 24.6 Å². The van der Waals surface area contributed by atoms with Gasteiger partial charge in [0.1, 0.15) is 12.0 Å². The second-order valence-corrected chi connectivity index (χ2v) is 2.50. The molecule has 2 nitrogen and oxygen atoms in total. The lowest BCUT2D eigenvalue weighted by molar-refractivity contribution is -0.104. The fraction of sp³-hybridized carbons (Fsp3) is 0.100. The van der Waals surface area contributed by atoms with Crippen molar-refractivity contribution in [1.82, 2.24) is 0 Å². The molecule has 0 radical (unpaired) electrons. The number of hydrogen-bond acceptors (Lipinski definition) is 2. The lowest BCUT2D eigenvalue weighted by Gasteiger charge is -2.01. The second kappa shape index (κ2) is 3.72. The molecule has 0 spiro atoms. The van der Waals surface area contributed by atoms with Crippen molar-refractivity contribution in [3.05, 3.63) is 35.9 Å². The number of phenols is 1. The molecule has 1 aromatic carbocycles. The maximum atomic E-state index is 10.1. The van der Waals surface area contributed by atoms with Gasteiger partial charge in [0.2, 0.25) is 0 Å². The molecular weight excluding hydrogens is 152 g/mol. The molecule has 0 aromatic heterocycles. The number of para-hydroxylation sites is 1. The molecule has 62 valence electrons. The van der Waals surface area contributed by atoms with Gasteiger partial charge in [0.05, 0.1) is 0 Å². The van der Waals surface area contributed by atoms with E-state index in [0.29, 0.717) is 11.8 Å². The summed E-state index contributed by atoms with van der Waals surface area (Å²) in [7, 11) is 0. The predicted molar refractivity (Wildman–Crippen MR) is 47.8 cm³/mol. The van der Waals surface area contributed by atoms with Gasteiger partial charge in [-0.1, -0.05) is 18.2 Å². The first kappa shape index (κ1) is 8.53. The third kappa shape index (κ3) is 1.72. The van der Waals surface area contributed by atoms with E-state index in [1.165, 1.54) is 6.08 Å². The van der Waals surface area contributed by atoms with Gasteiger partial charge in [-0.25, -0.2) is 0 Å². The summed E-state index contributed by atoms with van der Waals surface area (Å²) in [6.45, 7) is 1.78. The van der Waals surface area contributed by atoms with Crippen LogP contribution < -0.4 is 0 Å². The zero-order chi connectivity index (χ0) is 8.97. The highest BCUT2D eigenvalue weighted by molar-refractivity contribution is 5.82. The zero-order valence-corrected chi connectivity index (χ0v) is 6.82. The van der Waals surface area contributed by atoms with Crippen molar-refractivity contribution < 1.29 is 9.90 Å². The SMILES string of the molecule is CC(=CC=O)c1ccccc1O. The monoisotopic (exact) mass is 162 g/mol. The Morgan fingerprint density at radius 2 is 2.08 bits per heavy atom. The Morgan fingerprint density at radius 1 is 1.42 bits per heavy atom. The Bertz CT molecular complexity index is 313. The van der Waals surface area contributed by atoms with E-state index in [9.17, 15) is 9.90 Å². The molecule has 0 saturated heterocycles. The van der Waals surface area contributed by atoms with Gasteiger partial charge < -0.3 is 5.11 Å². The van der Waals surface area contributed by atoms with E-state index in [2.05, 4.69) is 0 Å². The number of allylic oxidation sites excluding steroid dienone is 2. The van der Waals surface area contributed by atoms with Crippen LogP contribution >= 0.6 is 0 Å². The molecule has 12 heavy (non-hydrogen) atoms. The van der Waals surface area contributed by atoms with E-state index in [1.54, 1.807) is 25.1 Å². The summed E-state index contributed by atoms with van der Waals surface area (Å²) in [5, 5.41) is 9.35. The summed E-state index contributed by atoms with van der Waals surface area (Å²) in [4.78, 5) is 10.1. The standard InChI is InChI=1S/C10H10O2/c1-8(6-7-11)9-4-2-3-5-10(9)12/h2-7,12H,1H3. The molecule has 0 aliphatic rings. The van der Waals surface area contributed by atoms with Gasteiger partial charge >= 0.3 is 0 Å². The van der Waals surface area contributed by atoms with Crippen molar-refractivity contribution >= 4 is 11.9 Å². The summed E-state index contributed by atoms with van der Waals surface area (Å²) >= 11 is 0. The first-order chi connectivity index (χ1) is 5.75. The zero-order valence-electron chi connectivity index (χ0n) is 6.82. The minimum Gasteiger partial charge on any atom is -0.507 e. The van der Waals surface area contributed by atoms with Crippen LogP contribution in [0.2, 0.25) is 0 Å². The molecule has 0 heterocycles. The third-order valence-corrected chi connectivity index (χ3v) is 1.65. The minimum atomic E-state index is 0.202. The Morgan fingerprint density at radius 3 is 2.67 bits per heavy atom. The largest absolute Gasteiger partial charge is 0.507 e. The van der Waals surface area contributed by atoms with Crippen molar-refractivity contribution in [2.45, 2.75) is 6.92 Å². The molecular formula is C10H10O2. The third-order valence-electron chi connectivity index (χ3n) is 1.65. The molecule has 0 aliphatic carbocycles. The number of carbonyl (C=O) groups is 1. The van der Waals surface area contributed by atoms with Crippen LogP contribution in [-0.2, 0) is 4.79 Å². The Balaban J connectivity index is 3.10. The Hall–Kier alpha value is -1.57. The van der Waals surface area contributed by atoms with Gasteiger partial charge in [0.15, 0.2) is 0 Å². The second-order valence-electron chi connectivity index (χ2n) is 2.50. The summed E-state index contributed by atoms with van der Waals surface area (Å²) in [5.74, 6) is 0.202. The molecule has 0 unspecified atom stereocenters. The highest BCUT2D eigenvalue weighted by Crippen LogP contribution is 2.23. The normalized spacial score (nSPS) is 11.2. The molecule has 0 fully saturated rings. The lowest BCUT2D eigenvalue weighted by atomic mass is 10.1. The van der Waals surface area contributed by atoms with Gasteiger partial charge in [0.25, 0.3) is 0 Å². The first-order valence-corrected chi connectivity index (χ1v) is 3.66. The first-order valence-electron chi connectivity index (χ1n) is 3.66. The van der Waals surface area contributed by atoms with Crippen molar-refractivity contribution in [1.29, 1.82) is 0 Å². The topological polar surface area (TPSA) is 37.3 Å². The Labute approximate surface area is 71.2 Å². The number of phenolic OH excluding ortho intramolecular Hbond substituents is 1. The van der Waals surface area contributed by atoms with Crippen LogP contribution in [-0.4, -0.2) is 11.4 Å². The molecule has 0 saturated carbocycles. The number of rotatable bonds is 2. The van der Waals surface area contributed by atoms with Gasteiger partial charge in [-0.2, -0.15) is 0 Å². The van der Waals surface area contributed by atoms with Crippen molar-refractivity contribution in [3.63, 3.8) is 0 Å². The van der Waals surface area contributed by atoms with Crippen molar-refractivity contribution in [3.8, 4) is 5.75 Å². The minimum absolute atomic E-state index is 0.202. The van der Waals surface area contributed by atoms with E-state index in [4.69, 9.17) is 0 Å². The molecule has 1 N–H and O–H groups in total. The Kier molecular flexibility index (Phi) is 2.64. The van der Waals surface area contributed by atoms with E-state index in [1.807, 2.05) is 6.07 Å². The summed E-state index contributed by atoms with van der Waals surface area (Å²) in [6, 6.07) is 6.92. The van der Waals surface area contributed by atoms with Crippen LogP contribution in [0.5, 0.6) is 5.75 Å². The predicted octanol–water partition coefficient (Wildman–Crippen LogP) is 1.99. The average Bonchev–Trinajstić information content (AvgIpc) is 2.05. The van der Waals surface area contributed by atoms with Crippen molar-refractivity contribution in [2.24, 2.45) is 0 Å². The molecule has 1 rings (SSSR count). The number of hydrogen-bond donors (Lipinski definition) is 1. The highest BCUT2D eigenvalue weighted by atomic mass is 16.3. The van der Waals surface area contributed by atoms with Crippen LogP contribution in [0.15, 0.2) is 30.3 Å². The van der Waals surface area contributed by atoms with Crippen LogP contribution in [0.4, 0.5) is 0 Å². The fourth-order valence-electron chi connectivity index (χ4n) is 0.999. The molecule has 0 atom stereocenters. The van der Waals surface area contributed by atoms with Gasteiger partial charge in [0, 0.05) is 5.56 Å². The molecule has 0 bridgehead atoms. The van der Waals surface area contributed by atoms with E-state index in [-0.39, 0.29) is 5.75 Å². The van der Waals surface area contributed by atoms with Crippen LogP contribution in [0.3, 0.4) is 0 Å². The smallest absolute Gasteiger partial charge is 0.143 e. The number of aromatic hydroxyl groups is 1. The van der Waals surface area contributed by atoms with Gasteiger partial charge in [-0.15, -0.1) is 0 Å². The number of benzene rings is 1. The van der Waals surface area contributed by atoms with Crippen molar-refractivity contribution in [2.75, 3.05) is 0 Å². The maximum absolute atomic E-state index is 10.1. The molecule has 2 heteroatoms. The maximum Gasteiger partial charge on any atom is 0.143 e. The van der Waals surface area contributed by atoms with Crippen LogP contribution in [0, 0.1) is 0 Å². The fourth-order valence-corrected chi connectivity index (χ4v) is 0.999. The summed E-state index contributed by atoms with van der Waals surface area (Å²) < 4.78 is 0. The van der Waals surface area contributed by atoms with Crippen LogP contribution in [0.25, 0.3) is 5.57 Å². The summed E-state index contributed by atoms with van der Waals surface area (Å²) in [6.07, 6.45) is 2.14. The lowest BCUT2D eigenvalue weighted by Crippen LogP contribution is -1.80. The average molecular weight is 162 g/mol. The van der Waals surface area contributed by atoms with Crippen LogP contribution in [0.1, 0.15) is 12.5 Å². The van der Waals surface area contributed by atoms with E-state index >= 15 is 0 Å². The summed E-state index contributed by atoms with van der Waals surface area (Å²) in [5.41, 5.74) is 1.47. The highest BCUT2D eigenvalue weighted by Gasteiger charge is 1.99. The molecule has 0 aliphatic heterocycles. The van der Waals surface area contributed by atoms with E-state index in [0.717, 1.165) is 5.57 Å². The van der Waals surface area contributed by atoms with E-state index < -0.39 is 0 Å². The van der Waals surface area contributed by atoms with Gasteiger partial charge in [-0.3, -0.25) is 4.79 Å². The quantitative estimate of drug-likeness (QED) is 0.533. The molecule has 1 aromatic rings. The molecule has 0 amide bonds.